The molecule has 0 aliphatic heterocycles. The molecule has 0 atom stereocenters. The molecular weight excluding hydrogens is 424 g/mol. The number of amides is 1. The van der Waals surface area contributed by atoms with Gasteiger partial charge in [-0.15, -0.1) is 0 Å². The van der Waals surface area contributed by atoms with E-state index in [9.17, 15) is 14.9 Å². The summed E-state index contributed by atoms with van der Waals surface area (Å²) in [6, 6.07) is 7.68. The van der Waals surface area contributed by atoms with Crippen molar-refractivity contribution in [3.05, 3.63) is 61.1 Å². The SMILES string of the molecule is Cc1cc(OCCCC(=O)Nc2cccc([N+](=O)[O-])c2)c(Br)c(C)c1Cl. The lowest BCUT2D eigenvalue weighted by molar-refractivity contribution is -0.384. The molecule has 2 aromatic carbocycles. The van der Waals surface area contributed by atoms with Crippen LogP contribution in [0, 0.1) is 24.0 Å². The molecule has 0 saturated heterocycles. The molecule has 2 rings (SSSR count). The summed E-state index contributed by atoms with van der Waals surface area (Å²) in [6.07, 6.45) is 0.750. The highest BCUT2D eigenvalue weighted by Crippen LogP contribution is 2.35. The quantitative estimate of drug-likeness (QED) is 0.353. The first-order valence-corrected chi connectivity index (χ1v) is 9.09. The third-order valence-electron chi connectivity index (χ3n) is 3.72. The molecular formula is C18H18BrClN2O4. The number of aryl methyl sites for hydroxylation is 1. The molecule has 0 fully saturated rings. The van der Waals surface area contributed by atoms with E-state index >= 15 is 0 Å². The van der Waals surface area contributed by atoms with Gasteiger partial charge in [-0.25, -0.2) is 0 Å². The number of nitrogens with zero attached hydrogens (tertiary/aromatic N) is 1. The Labute approximate surface area is 164 Å². The van der Waals surface area contributed by atoms with Gasteiger partial charge in [0.1, 0.15) is 5.75 Å². The second-order valence-electron chi connectivity index (χ2n) is 5.75. The molecule has 0 unspecified atom stereocenters. The molecule has 8 heteroatoms. The van der Waals surface area contributed by atoms with Crippen LogP contribution < -0.4 is 10.1 Å². The smallest absolute Gasteiger partial charge is 0.271 e. The van der Waals surface area contributed by atoms with Crippen LogP contribution in [-0.4, -0.2) is 17.4 Å². The molecule has 1 N–H and O–H groups in total. The molecule has 2 aromatic rings. The zero-order valence-electron chi connectivity index (χ0n) is 14.3. The molecule has 138 valence electrons. The van der Waals surface area contributed by atoms with Crippen molar-refractivity contribution in [2.45, 2.75) is 26.7 Å². The Hall–Kier alpha value is -2.12. The fraction of sp³-hybridized carbons (Fsp3) is 0.278. The lowest BCUT2D eigenvalue weighted by Crippen LogP contribution is -2.13. The molecule has 0 aliphatic rings. The van der Waals surface area contributed by atoms with Gasteiger partial charge in [-0.3, -0.25) is 14.9 Å². The first-order valence-electron chi connectivity index (χ1n) is 7.92. The predicted octanol–water partition coefficient (Wildman–Crippen LogP) is 5.43. The number of ether oxygens (including phenoxy) is 1. The Bertz CT molecular complexity index is 842. The first-order chi connectivity index (χ1) is 12.3. The molecule has 6 nitrogen and oxygen atoms in total. The zero-order chi connectivity index (χ0) is 19.3. The number of hydrogen-bond donors (Lipinski definition) is 1. The molecule has 0 radical (unpaired) electrons. The van der Waals surface area contributed by atoms with Crippen molar-refractivity contribution in [1.29, 1.82) is 0 Å². The van der Waals surface area contributed by atoms with E-state index in [4.69, 9.17) is 16.3 Å². The Morgan fingerprint density at radius 2 is 2.08 bits per heavy atom. The summed E-state index contributed by atoms with van der Waals surface area (Å²) in [4.78, 5) is 22.2. The average Bonchev–Trinajstić information content (AvgIpc) is 2.61. The van der Waals surface area contributed by atoms with E-state index in [-0.39, 0.29) is 18.0 Å². The molecule has 0 aliphatic carbocycles. The highest BCUT2D eigenvalue weighted by molar-refractivity contribution is 9.10. The number of non-ortho nitro benzene ring substituents is 1. The van der Waals surface area contributed by atoms with E-state index in [1.165, 1.54) is 18.2 Å². The average molecular weight is 442 g/mol. The minimum Gasteiger partial charge on any atom is -0.492 e. The lowest BCUT2D eigenvalue weighted by atomic mass is 10.1. The van der Waals surface area contributed by atoms with Crippen molar-refractivity contribution >= 4 is 44.8 Å². The number of nitro groups is 1. The van der Waals surface area contributed by atoms with Crippen LogP contribution in [0.5, 0.6) is 5.75 Å². The largest absolute Gasteiger partial charge is 0.492 e. The zero-order valence-corrected chi connectivity index (χ0v) is 16.7. The Balaban J connectivity index is 1.84. The summed E-state index contributed by atoms with van der Waals surface area (Å²) in [6.45, 7) is 4.17. The fourth-order valence-electron chi connectivity index (χ4n) is 2.34. The second-order valence-corrected chi connectivity index (χ2v) is 6.92. The van der Waals surface area contributed by atoms with Gasteiger partial charge in [0, 0.05) is 29.3 Å². The number of rotatable bonds is 7. The summed E-state index contributed by atoms with van der Waals surface area (Å²) in [5.74, 6) is 0.458. The first kappa shape index (κ1) is 20.2. The number of halogens is 2. The van der Waals surface area contributed by atoms with Gasteiger partial charge in [0.2, 0.25) is 5.91 Å². The molecule has 0 saturated carbocycles. The van der Waals surface area contributed by atoms with Crippen LogP contribution in [0.2, 0.25) is 5.02 Å². The van der Waals surface area contributed by atoms with E-state index in [1.807, 2.05) is 19.9 Å². The van der Waals surface area contributed by atoms with Gasteiger partial charge in [-0.2, -0.15) is 0 Å². The van der Waals surface area contributed by atoms with Gasteiger partial charge < -0.3 is 10.1 Å². The van der Waals surface area contributed by atoms with Crippen molar-refractivity contribution < 1.29 is 14.5 Å². The van der Waals surface area contributed by atoms with Crippen LogP contribution in [0.1, 0.15) is 24.0 Å². The predicted molar refractivity (Wildman–Crippen MR) is 105 cm³/mol. The number of carbonyl (C=O) groups is 1. The highest BCUT2D eigenvalue weighted by atomic mass is 79.9. The van der Waals surface area contributed by atoms with Gasteiger partial charge in [0.25, 0.3) is 5.69 Å². The van der Waals surface area contributed by atoms with Crippen LogP contribution in [0.25, 0.3) is 0 Å². The Kier molecular flexibility index (Phi) is 6.99. The maximum absolute atomic E-state index is 12.0. The summed E-state index contributed by atoms with van der Waals surface area (Å²) in [5.41, 5.74) is 2.16. The number of nitro benzene ring substituents is 1. The van der Waals surface area contributed by atoms with Crippen molar-refractivity contribution in [3.63, 3.8) is 0 Å². The van der Waals surface area contributed by atoms with Crippen LogP contribution in [0.4, 0.5) is 11.4 Å². The van der Waals surface area contributed by atoms with Crippen LogP contribution in [0.15, 0.2) is 34.8 Å². The van der Waals surface area contributed by atoms with Gasteiger partial charge >= 0.3 is 0 Å². The number of anilines is 1. The molecule has 0 spiro atoms. The molecule has 1 amide bonds. The molecule has 0 aromatic heterocycles. The second kappa shape index (κ2) is 9.00. The monoisotopic (exact) mass is 440 g/mol. The maximum atomic E-state index is 12.0. The van der Waals surface area contributed by atoms with E-state index in [0.29, 0.717) is 29.5 Å². The maximum Gasteiger partial charge on any atom is 0.271 e. The summed E-state index contributed by atoms with van der Waals surface area (Å²) < 4.78 is 6.53. The topological polar surface area (TPSA) is 81.5 Å². The Morgan fingerprint density at radius 3 is 2.77 bits per heavy atom. The van der Waals surface area contributed by atoms with E-state index < -0.39 is 4.92 Å². The van der Waals surface area contributed by atoms with Crippen LogP contribution in [0.3, 0.4) is 0 Å². The summed E-state index contributed by atoms with van der Waals surface area (Å²) >= 11 is 9.65. The number of hydrogen-bond acceptors (Lipinski definition) is 4. The van der Waals surface area contributed by atoms with E-state index in [0.717, 1.165) is 15.6 Å². The Morgan fingerprint density at radius 1 is 1.35 bits per heavy atom. The minimum absolute atomic E-state index is 0.0653. The molecule has 0 bridgehead atoms. The van der Waals surface area contributed by atoms with Crippen molar-refractivity contribution in [3.8, 4) is 5.75 Å². The highest BCUT2D eigenvalue weighted by Gasteiger charge is 2.12. The summed E-state index contributed by atoms with van der Waals surface area (Å²) in [7, 11) is 0. The van der Waals surface area contributed by atoms with Crippen LogP contribution in [-0.2, 0) is 4.79 Å². The van der Waals surface area contributed by atoms with Crippen molar-refractivity contribution in [2.75, 3.05) is 11.9 Å². The lowest BCUT2D eigenvalue weighted by Gasteiger charge is -2.13. The fourth-order valence-corrected chi connectivity index (χ4v) is 3.03. The van der Waals surface area contributed by atoms with Crippen molar-refractivity contribution in [2.24, 2.45) is 0 Å². The number of benzene rings is 2. The van der Waals surface area contributed by atoms with Crippen LogP contribution >= 0.6 is 27.5 Å². The van der Waals surface area contributed by atoms with E-state index in [1.54, 1.807) is 6.07 Å². The van der Waals surface area contributed by atoms with Crippen molar-refractivity contribution in [1.82, 2.24) is 0 Å². The van der Waals surface area contributed by atoms with Gasteiger partial charge in [-0.1, -0.05) is 17.7 Å². The van der Waals surface area contributed by atoms with Gasteiger partial charge in [-0.05, 0) is 59.5 Å². The normalized spacial score (nSPS) is 10.5. The minimum atomic E-state index is -0.503. The molecule has 0 heterocycles. The van der Waals surface area contributed by atoms with Gasteiger partial charge in [0.05, 0.1) is 16.0 Å². The number of carbonyl (C=O) groups excluding carboxylic acids is 1. The summed E-state index contributed by atoms with van der Waals surface area (Å²) in [5, 5.41) is 14.1. The third kappa shape index (κ3) is 5.19. The molecule has 26 heavy (non-hydrogen) atoms. The van der Waals surface area contributed by atoms with Gasteiger partial charge in [0.15, 0.2) is 0 Å². The van der Waals surface area contributed by atoms with E-state index in [2.05, 4.69) is 21.2 Å². The number of nitrogens with one attached hydrogen (secondary N) is 1. The standard InChI is InChI=1S/C18H18BrClN2O4/c1-11-9-15(17(19)12(2)18(11)20)26-8-4-7-16(23)21-13-5-3-6-14(10-13)22(24)25/h3,5-6,9-10H,4,7-8H2,1-2H3,(H,21,23). The third-order valence-corrected chi connectivity index (χ3v) is 5.28.